The molecule has 0 spiro atoms. The quantitative estimate of drug-likeness (QED) is 0.265. The van der Waals surface area contributed by atoms with E-state index >= 15 is 0 Å². The maximum atomic E-state index is 11.8. The first-order valence-electron chi connectivity index (χ1n) is 7.22. The van der Waals surface area contributed by atoms with Gasteiger partial charge in [-0.3, -0.25) is 0 Å². The molecule has 22 heavy (non-hydrogen) atoms. The third-order valence-corrected chi connectivity index (χ3v) is 4.92. The molecule has 0 aliphatic heterocycles. The van der Waals surface area contributed by atoms with Gasteiger partial charge in [-0.1, -0.05) is 26.5 Å². The molecule has 126 valence electrons. The Hall–Kier alpha value is -1.44. The summed E-state index contributed by atoms with van der Waals surface area (Å²) in [7, 11) is -2.15. The van der Waals surface area contributed by atoms with Gasteiger partial charge in [0, 0.05) is 24.7 Å². The molecule has 0 amide bonds. The van der Waals surface area contributed by atoms with E-state index in [1.807, 2.05) is 13.8 Å². The largest absolute Gasteiger partial charge is 0.397 e. The number of hydrogen-bond donors (Lipinski definition) is 0. The van der Waals surface area contributed by atoms with E-state index in [1.54, 1.807) is 0 Å². The molecule has 0 aromatic carbocycles. The first-order valence-corrected chi connectivity index (χ1v) is 8.98. The maximum Gasteiger partial charge on any atom is 0.365 e. The molecule has 0 aromatic heterocycles. The lowest BCUT2D eigenvalue weighted by Crippen LogP contribution is -2.45. The van der Waals surface area contributed by atoms with Crippen LogP contribution in [-0.4, -0.2) is 33.8 Å². The van der Waals surface area contributed by atoms with Gasteiger partial charge in [-0.15, -0.1) is 0 Å². The summed E-state index contributed by atoms with van der Waals surface area (Å²) in [6.07, 6.45) is 0.843. The van der Waals surface area contributed by atoms with E-state index in [1.165, 1.54) is 20.8 Å². The van der Waals surface area contributed by atoms with E-state index in [2.05, 4.69) is 13.2 Å². The van der Waals surface area contributed by atoms with Crippen molar-refractivity contribution in [1.29, 1.82) is 0 Å². The molecule has 1 atom stereocenters. The molecule has 0 radical (unpaired) electrons. The molecule has 0 aliphatic rings. The summed E-state index contributed by atoms with van der Waals surface area (Å²) >= 11 is 0. The van der Waals surface area contributed by atoms with Crippen LogP contribution >= 0.6 is 0 Å². The van der Waals surface area contributed by atoms with Crippen molar-refractivity contribution in [2.45, 2.75) is 53.1 Å². The lowest BCUT2D eigenvalue weighted by molar-refractivity contribution is -0.302. The van der Waals surface area contributed by atoms with Gasteiger partial charge in [-0.25, -0.2) is 9.59 Å². The second-order valence-corrected chi connectivity index (χ2v) is 7.00. The van der Waals surface area contributed by atoms with Gasteiger partial charge in [-0.05, 0) is 26.8 Å². The minimum atomic E-state index is -2.15. The fourth-order valence-corrected chi connectivity index (χ4v) is 3.19. The van der Waals surface area contributed by atoms with Crippen LogP contribution in [0, 0.1) is 0 Å². The van der Waals surface area contributed by atoms with Crippen LogP contribution in [0.5, 0.6) is 0 Å². The Morgan fingerprint density at radius 3 is 1.82 bits per heavy atom. The second-order valence-electron chi connectivity index (χ2n) is 4.99. The Kier molecular flexibility index (Phi) is 8.92. The molecular formula is C15H26O6Si. The normalized spacial score (nSPS) is 12.4. The highest BCUT2D eigenvalue weighted by Crippen LogP contribution is 2.21. The van der Waals surface area contributed by atoms with Crippen molar-refractivity contribution in [3.05, 3.63) is 24.3 Å². The number of ether oxygens (including phenoxy) is 2. The Morgan fingerprint density at radius 1 is 1.05 bits per heavy atom. The minimum Gasteiger partial charge on any atom is -0.397 e. The van der Waals surface area contributed by atoms with E-state index in [4.69, 9.17) is 18.3 Å². The number of esters is 2. The topological polar surface area (TPSA) is 71.1 Å². The average Bonchev–Trinajstić information content (AvgIpc) is 2.38. The predicted octanol–water partition coefficient (Wildman–Crippen LogP) is 2.58. The van der Waals surface area contributed by atoms with Crippen LogP contribution in [0.3, 0.4) is 0 Å². The van der Waals surface area contributed by atoms with E-state index in [0.29, 0.717) is 12.7 Å². The van der Waals surface area contributed by atoms with Gasteiger partial charge < -0.3 is 18.3 Å². The van der Waals surface area contributed by atoms with Crippen LogP contribution in [-0.2, 0) is 27.9 Å². The first kappa shape index (κ1) is 20.6. The lowest BCUT2D eigenvalue weighted by atomic mass is 10.3. The Morgan fingerprint density at radius 2 is 1.50 bits per heavy atom. The molecule has 0 heterocycles. The first-order chi connectivity index (χ1) is 10.1. The number of carbonyl (C=O) groups excluding carboxylic acids is 2. The summed E-state index contributed by atoms with van der Waals surface area (Å²) in [5, 5.41) is 0. The summed E-state index contributed by atoms with van der Waals surface area (Å²) in [5.74, 6) is -3.27. The van der Waals surface area contributed by atoms with Crippen LogP contribution in [0.2, 0.25) is 6.04 Å². The summed E-state index contributed by atoms with van der Waals surface area (Å²) in [5.41, 5.74) is 0.345. The van der Waals surface area contributed by atoms with Gasteiger partial charge in [0.2, 0.25) is 0 Å². The zero-order valence-corrected chi connectivity index (χ0v) is 15.2. The molecule has 0 saturated heterocycles. The molecule has 0 bridgehead atoms. The number of hydrogen-bond acceptors (Lipinski definition) is 6. The maximum absolute atomic E-state index is 11.8. The van der Waals surface area contributed by atoms with Crippen molar-refractivity contribution >= 4 is 21.2 Å². The van der Waals surface area contributed by atoms with Crippen molar-refractivity contribution < 1.29 is 27.9 Å². The fraction of sp³-hybridized carbons (Fsp3) is 0.600. The van der Waals surface area contributed by atoms with Crippen molar-refractivity contribution in [1.82, 2.24) is 0 Å². The highest BCUT2D eigenvalue weighted by molar-refractivity contribution is 6.44. The molecule has 7 heteroatoms. The van der Waals surface area contributed by atoms with Crippen LogP contribution in [0.4, 0.5) is 0 Å². The molecule has 1 unspecified atom stereocenters. The minimum absolute atomic E-state index is 0.173. The molecular weight excluding hydrogens is 304 g/mol. The van der Waals surface area contributed by atoms with Crippen LogP contribution in [0.1, 0.15) is 41.0 Å². The Labute approximate surface area is 133 Å². The fourth-order valence-electron chi connectivity index (χ4n) is 1.42. The standard InChI is InChI=1S/C15H26O6Si/c1-8-10-22(18-9-2)21-15(7,19-13(16)11(3)4)20-14(17)12(5)6/h22H,3,5,8-10H2,1-2,4,6-7H3. The summed E-state index contributed by atoms with van der Waals surface area (Å²) in [6, 6.07) is 0.693. The van der Waals surface area contributed by atoms with Gasteiger partial charge in [0.05, 0.1) is 0 Å². The molecule has 0 aromatic rings. The third-order valence-electron chi connectivity index (χ3n) is 2.48. The monoisotopic (exact) mass is 330 g/mol. The Bertz CT molecular complexity index is 398. The van der Waals surface area contributed by atoms with E-state index in [-0.39, 0.29) is 11.1 Å². The van der Waals surface area contributed by atoms with E-state index < -0.39 is 27.2 Å². The zero-order valence-electron chi connectivity index (χ0n) is 14.1. The summed E-state index contributed by atoms with van der Waals surface area (Å²) < 4.78 is 21.6. The molecule has 0 aliphatic carbocycles. The van der Waals surface area contributed by atoms with E-state index in [0.717, 1.165) is 6.42 Å². The molecule has 6 nitrogen and oxygen atoms in total. The molecule has 0 N–H and O–H groups in total. The number of carbonyl (C=O) groups is 2. The summed E-state index contributed by atoms with van der Waals surface area (Å²) in [4.78, 5) is 23.5. The van der Waals surface area contributed by atoms with Gasteiger partial charge >= 0.3 is 27.2 Å². The SMILES string of the molecule is C=C(C)C(=O)OC(C)(OC(=O)C(=C)C)O[SiH](CCC)OCC. The van der Waals surface area contributed by atoms with Gasteiger partial charge in [-0.2, -0.15) is 0 Å². The molecule has 0 fully saturated rings. The predicted molar refractivity (Wildman–Crippen MR) is 85.2 cm³/mol. The van der Waals surface area contributed by atoms with Crippen molar-refractivity contribution in [3.63, 3.8) is 0 Å². The lowest BCUT2D eigenvalue weighted by Gasteiger charge is -2.31. The highest BCUT2D eigenvalue weighted by atomic mass is 28.3. The second kappa shape index (κ2) is 9.55. The van der Waals surface area contributed by atoms with Gasteiger partial charge in [0.1, 0.15) is 0 Å². The van der Waals surface area contributed by atoms with Gasteiger partial charge in [0.15, 0.2) is 0 Å². The zero-order chi connectivity index (χ0) is 17.3. The third kappa shape index (κ3) is 7.53. The van der Waals surface area contributed by atoms with Gasteiger partial charge in [0.25, 0.3) is 0 Å². The van der Waals surface area contributed by atoms with Crippen molar-refractivity contribution in [2.75, 3.05) is 6.61 Å². The van der Waals surface area contributed by atoms with Crippen LogP contribution in [0.15, 0.2) is 24.3 Å². The number of rotatable bonds is 10. The van der Waals surface area contributed by atoms with Crippen molar-refractivity contribution in [3.8, 4) is 0 Å². The van der Waals surface area contributed by atoms with Crippen LogP contribution < -0.4 is 0 Å². The average molecular weight is 330 g/mol. The molecule has 0 rings (SSSR count). The smallest absolute Gasteiger partial charge is 0.365 e. The summed E-state index contributed by atoms with van der Waals surface area (Å²) in [6.45, 7) is 15.6. The highest BCUT2D eigenvalue weighted by Gasteiger charge is 2.38. The molecule has 0 saturated carbocycles. The van der Waals surface area contributed by atoms with E-state index in [9.17, 15) is 9.59 Å². The Balaban J connectivity index is 5.19. The van der Waals surface area contributed by atoms with Crippen LogP contribution in [0.25, 0.3) is 0 Å². The van der Waals surface area contributed by atoms with Crippen molar-refractivity contribution in [2.24, 2.45) is 0 Å².